The highest BCUT2D eigenvalue weighted by Gasteiger charge is 2.28. The van der Waals surface area contributed by atoms with Gasteiger partial charge in [-0.25, -0.2) is 4.98 Å². The van der Waals surface area contributed by atoms with Crippen molar-refractivity contribution in [1.82, 2.24) is 9.88 Å². The number of carbonyl (C=O) groups excluding carboxylic acids is 1. The minimum Gasteiger partial charge on any atom is -0.508 e. The molecule has 0 radical (unpaired) electrons. The average molecular weight is 407 g/mol. The third kappa shape index (κ3) is 5.04. The Labute approximate surface area is 175 Å². The second-order valence-corrected chi connectivity index (χ2v) is 8.59. The number of thiazole rings is 1. The van der Waals surface area contributed by atoms with Crippen molar-refractivity contribution < 1.29 is 9.90 Å². The van der Waals surface area contributed by atoms with E-state index >= 15 is 0 Å². The molecule has 0 aliphatic carbocycles. The summed E-state index contributed by atoms with van der Waals surface area (Å²) in [5.74, 6) is 0.355. The number of amides is 1. The van der Waals surface area contributed by atoms with E-state index in [1.54, 1.807) is 17.4 Å². The SMILES string of the molecule is O=C(c1csc(Cc2ccccc2)n1)N1CCCCC1CCc1cccc(O)c1. The number of aryl methyl sites for hydroxylation is 1. The van der Waals surface area contributed by atoms with Crippen LogP contribution in [0.2, 0.25) is 0 Å². The predicted molar refractivity (Wildman–Crippen MR) is 116 cm³/mol. The lowest BCUT2D eigenvalue weighted by Crippen LogP contribution is -2.44. The van der Waals surface area contributed by atoms with E-state index in [1.165, 1.54) is 5.56 Å². The zero-order chi connectivity index (χ0) is 20.1. The van der Waals surface area contributed by atoms with Crippen LogP contribution in [-0.4, -0.2) is 33.5 Å². The Morgan fingerprint density at radius 3 is 2.76 bits per heavy atom. The maximum Gasteiger partial charge on any atom is 0.273 e. The topological polar surface area (TPSA) is 53.4 Å². The molecular weight excluding hydrogens is 380 g/mol. The molecule has 4 nitrogen and oxygen atoms in total. The molecule has 1 aliphatic rings. The van der Waals surface area contributed by atoms with Gasteiger partial charge in [0.15, 0.2) is 0 Å². The van der Waals surface area contributed by atoms with Crippen molar-refractivity contribution in [1.29, 1.82) is 0 Å². The number of likely N-dealkylation sites (tertiary alicyclic amines) is 1. The summed E-state index contributed by atoms with van der Waals surface area (Å²) in [6.07, 6.45) is 5.78. The van der Waals surface area contributed by atoms with Crippen LogP contribution in [0.15, 0.2) is 60.0 Å². The molecule has 0 bridgehead atoms. The molecule has 1 unspecified atom stereocenters. The van der Waals surface area contributed by atoms with Crippen LogP contribution in [0.5, 0.6) is 5.75 Å². The minimum absolute atomic E-state index is 0.0566. The predicted octanol–water partition coefficient (Wildman–Crippen LogP) is 5.07. The van der Waals surface area contributed by atoms with E-state index in [0.29, 0.717) is 11.4 Å². The van der Waals surface area contributed by atoms with Gasteiger partial charge < -0.3 is 10.0 Å². The lowest BCUT2D eigenvalue weighted by Gasteiger charge is -2.35. The maximum absolute atomic E-state index is 13.2. The number of hydrogen-bond acceptors (Lipinski definition) is 4. The van der Waals surface area contributed by atoms with Gasteiger partial charge in [-0.15, -0.1) is 11.3 Å². The van der Waals surface area contributed by atoms with E-state index in [0.717, 1.165) is 55.6 Å². The summed E-state index contributed by atoms with van der Waals surface area (Å²) in [6.45, 7) is 0.801. The van der Waals surface area contributed by atoms with Crippen LogP contribution in [0.3, 0.4) is 0 Å². The number of hydrogen-bond donors (Lipinski definition) is 1. The average Bonchev–Trinajstić information content (AvgIpc) is 3.21. The van der Waals surface area contributed by atoms with Gasteiger partial charge in [0.05, 0.1) is 5.01 Å². The van der Waals surface area contributed by atoms with Crippen molar-refractivity contribution in [2.45, 2.75) is 44.6 Å². The first-order chi connectivity index (χ1) is 14.2. The summed E-state index contributed by atoms with van der Waals surface area (Å²) in [4.78, 5) is 19.8. The zero-order valence-electron chi connectivity index (χ0n) is 16.5. The fraction of sp³-hybridized carbons (Fsp3) is 0.333. The molecule has 150 valence electrons. The first-order valence-corrected chi connectivity index (χ1v) is 11.1. The Morgan fingerprint density at radius 1 is 1.10 bits per heavy atom. The van der Waals surface area contributed by atoms with Gasteiger partial charge in [0.1, 0.15) is 11.4 Å². The van der Waals surface area contributed by atoms with Gasteiger partial charge >= 0.3 is 0 Å². The van der Waals surface area contributed by atoms with Crippen molar-refractivity contribution in [3.05, 3.63) is 81.8 Å². The lowest BCUT2D eigenvalue weighted by atomic mass is 9.95. The second-order valence-electron chi connectivity index (χ2n) is 7.65. The Kier molecular flexibility index (Phi) is 6.25. The van der Waals surface area contributed by atoms with Crippen molar-refractivity contribution >= 4 is 17.2 Å². The molecule has 1 aromatic heterocycles. The molecular formula is C24H26N2O2S. The summed E-state index contributed by atoms with van der Waals surface area (Å²) in [6, 6.07) is 17.9. The van der Waals surface area contributed by atoms with Crippen LogP contribution < -0.4 is 0 Å². The molecule has 29 heavy (non-hydrogen) atoms. The number of piperidine rings is 1. The smallest absolute Gasteiger partial charge is 0.273 e. The van der Waals surface area contributed by atoms with Crippen molar-refractivity contribution in [2.24, 2.45) is 0 Å². The standard InChI is InChI=1S/C24H26N2O2S/c27-21-11-6-9-19(15-21)12-13-20-10-4-5-14-26(20)24(28)22-17-29-23(25-22)16-18-7-2-1-3-8-18/h1-3,6-9,11,15,17,20,27H,4-5,10,12-14,16H2. The third-order valence-electron chi connectivity index (χ3n) is 5.53. The van der Waals surface area contributed by atoms with E-state index in [-0.39, 0.29) is 11.9 Å². The Bertz CT molecular complexity index is 954. The molecule has 1 fully saturated rings. The zero-order valence-corrected chi connectivity index (χ0v) is 17.3. The molecule has 1 saturated heterocycles. The van der Waals surface area contributed by atoms with Crippen molar-refractivity contribution in [3.8, 4) is 5.75 Å². The van der Waals surface area contributed by atoms with Crippen LogP contribution in [-0.2, 0) is 12.8 Å². The van der Waals surface area contributed by atoms with E-state index in [9.17, 15) is 9.90 Å². The van der Waals surface area contributed by atoms with E-state index in [1.807, 2.05) is 46.7 Å². The summed E-state index contributed by atoms with van der Waals surface area (Å²) in [7, 11) is 0. The molecule has 3 aromatic rings. The summed E-state index contributed by atoms with van der Waals surface area (Å²) in [5.41, 5.74) is 2.90. The maximum atomic E-state index is 13.2. The molecule has 1 aliphatic heterocycles. The highest BCUT2D eigenvalue weighted by molar-refractivity contribution is 7.09. The number of rotatable bonds is 6. The molecule has 2 heterocycles. The number of phenols is 1. The van der Waals surface area contributed by atoms with Gasteiger partial charge in [0.2, 0.25) is 0 Å². The van der Waals surface area contributed by atoms with Crippen LogP contribution in [0, 0.1) is 0 Å². The summed E-state index contributed by atoms with van der Waals surface area (Å²) >= 11 is 1.56. The molecule has 1 atom stereocenters. The highest BCUT2D eigenvalue weighted by atomic mass is 32.1. The lowest BCUT2D eigenvalue weighted by molar-refractivity contribution is 0.0596. The van der Waals surface area contributed by atoms with E-state index < -0.39 is 0 Å². The fourth-order valence-corrected chi connectivity index (χ4v) is 4.82. The van der Waals surface area contributed by atoms with E-state index in [4.69, 9.17) is 0 Å². The van der Waals surface area contributed by atoms with Gasteiger partial charge in [0.25, 0.3) is 5.91 Å². The molecule has 1 N–H and O–H groups in total. The molecule has 5 heteroatoms. The second kappa shape index (κ2) is 9.23. The number of carbonyl (C=O) groups is 1. The third-order valence-corrected chi connectivity index (χ3v) is 6.38. The van der Waals surface area contributed by atoms with Gasteiger partial charge in [-0.05, 0) is 55.4 Å². The van der Waals surface area contributed by atoms with Crippen LogP contribution in [0.1, 0.15) is 52.3 Å². The Hall–Kier alpha value is -2.66. The first kappa shape index (κ1) is 19.6. The number of phenolic OH excluding ortho intramolecular Hbond substituents is 1. The number of aromatic hydroxyl groups is 1. The van der Waals surface area contributed by atoms with Crippen LogP contribution in [0.25, 0.3) is 0 Å². The summed E-state index contributed by atoms with van der Waals surface area (Å²) < 4.78 is 0. The number of aromatic nitrogens is 1. The van der Waals surface area contributed by atoms with Gasteiger partial charge in [-0.3, -0.25) is 4.79 Å². The minimum atomic E-state index is 0.0566. The number of nitrogens with zero attached hydrogens (tertiary/aromatic N) is 2. The first-order valence-electron chi connectivity index (χ1n) is 10.3. The Morgan fingerprint density at radius 2 is 1.93 bits per heavy atom. The molecule has 4 rings (SSSR count). The van der Waals surface area contributed by atoms with Gasteiger partial charge in [0, 0.05) is 24.4 Å². The summed E-state index contributed by atoms with van der Waals surface area (Å²) in [5, 5.41) is 12.6. The van der Waals surface area contributed by atoms with Crippen LogP contribution >= 0.6 is 11.3 Å². The van der Waals surface area contributed by atoms with Crippen LogP contribution in [0.4, 0.5) is 0 Å². The molecule has 0 saturated carbocycles. The largest absolute Gasteiger partial charge is 0.508 e. The van der Waals surface area contributed by atoms with Gasteiger partial charge in [-0.1, -0.05) is 42.5 Å². The van der Waals surface area contributed by atoms with Gasteiger partial charge in [-0.2, -0.15) is 0 Å². The molecule has 2 aromatic carbocycles. The van der Waals surface area contributed by atoms with E-state index in [2.05, 4.69) is 17.1 Å². The van der Waals surface area contributed by atoms with Crippen molar-refractivity contribution in [3.63, 3.8) is 0 Å². The number of benzene rings is 2. The Balaban J connectivity index is 1.42. The van der Waals surface area contributed by atoms with Crippen molar-refractivity contribution in [2.75, 3.05) is 6.54 Å². The highest BCUT2D eigenvalue weighted by Crippen LogP contribution is 2.25. The fourth-order valence-electron chi connectivity index (χ4n) is 4.02. The monoisotopic (exact) mass is 406 g/mol. The molecule has 0 spiro atoms. The molecule has 1 amide bonds. The normalized spacial score (nSPS) is 16.7. The quantitative estimate of drug-likeness (QED) is 0.622.